The van der Waals surface area contributed by atoms with Gasteiger partial charge in [0.05, 0.1) is 7.11 Å². The molecule has 1 saturated carbocycles. The van der Waals surface area contributed by atoms with Gasteiger partial charge in [-0.2, -0.15) is 0 Å². The minimum atomic E-state index is -1.06. The van der Waals surface area contributed by atoms with Crippen molar-refractivity contribution >= 4 is 17.9 Å². The summed E-state index contributed by atoms with van der Waals surface area (Å²) in [7, 11) is 1.49. The van der Waals surface area contributed by atoms with E-state index in [1.165, 1.54) is 13.2 Å². The van der Waals surface area contributed by atoms with Crippen LogP contribution in [0.3, 0.4) is 0 Å². The number of halogens is 1. The third kappa shape index (κ3) is 6.04. The second-order valence-corrected chi connectivity index (χ2v) is 8.44. The molecule has 0 aliphatic heterocycles. The number of anilines is 1. The number of methoxy groups -OCH3 is 1. The van der Waals surface area contributed by atoms with Gasteiger partial charge in [-0.05, 0) is 43.9 Å². The number of hydrogen-bond acceptors (Lipinski definition) is 6. The number of urea groups is 1. The summed E-state index contributed by atoms with van der Waals surface area (Å²) in [6.07, 6.45) is 6.19. The van der Waals surface area contributed by atoms with Crippen LogP contribution in [0.1, 0.15) is 31.2 Å². The molecule has 0 spiro atoms. The zero-order valence-electron chi connectivity index (χ0n) is 19.7. The zero-order valence-corrected chi connectivity index (χ0v) is 19.7. The van der Waals surface area contributed by atoms with E-state index in [1.54, 1.807) is 47.8 Å². The maximum atomic E-state index is 14.1. The van der Waals surface area contributed by atoms with E-state index in [-0.39, 0.29) is 24.6 Å². The molecule has 0 atom stereocenters. The van der Waals surface area contributed by atoms with Crippen LogP contribution >= 0.6 is 0 Å². The van der Waals surface area contributed by atoms with Gasteiger partial charge in [0.15, 0.2) is 0 Å². The molecule has 1 fully saturated rings. The average Bonchev–Trinajstić information content (AvgIpc) is 2.89. The van der Waals surface area contributed by atoms with E-state index in [2.05, 4.69) is 25.6 Å². The normalized spacial score (nSPS) is 17.2. The number of nitrogens with one attached hydrogen (secondary N) is 2. The summed E-state index contributed by atoms with van der Waals surface area (Å²) < 4.78 is 19.1. The first-order valence-corrected chi connectivity index (χ1v) is 11.6. The number of pyridine rings is 1. The lowest BCUT2D eigenvalue weighted by Gasteiger charge is -2.36. The molecular weight excluding hydrogens is 467 g/mol. The van der Waals surface area contributed by atoms with Crippen molar-refractivity contribution in [3.8, 4) is 17.1 Å². The maximum Gasteiger partial charge on any atom is 0.404 e. The third-order valence-electron chi connectivity index (χ3n) is 6.13. The Morgan fingerprint density at radius 2 is 1.72 bits per heavy atom. The highest BCUT2D eigenvalue weighted by atomic mass is 19.1. The highest BCUT2D eigenvalue weighted by Gasteiger charge is 2.31. The quantitative estimate of drug-likeness (QED) is 0.453. The van der Waals surface area contributed by atoms with Gasteiger partial charge < -0.3 is 20.5 Å². The Hall–Kier alpha value is -4.28. The van der Waals surface area contributed by atoms with E-state index < -0.39 is 17.9 Å². The van der Waals surface area contributed by atoms with Crippen molar-refractivity contribution < 1.29 is 23.8 Å². The van der Waals surface area contributed by atoms with Gasteiger partial charge in [-0.3, -0.25) is 4.90 Å². The molecule has 0 unspecified atom stereocenters. The summed E-state index contributed by atoms with van der Waals surface area (Å²) in [5.74, 6) is 0.0441. The molecule has 4 rings (SSSR count). The van der Waals surface area contributed by atoms with E-state index in [4.69, 9.17) is 9.84 Å². The Morgan fingerprint density at radius 1 is 1.03 bits per heavy atom. The van der Waals surface area contributed by atoms with Crippen molar-refractivity contribution in [2.75, 3.05) is 12.0 Å². The first-order valence-electron chi connectivity index (χ1n) is 11.6. The summed E-state index contributed by atoms with van der Waals surface area (Å²) in [5.41, 5.74) is 1.89. The SMILES string of the molecule is COc1ncc(-c2ccc(N(C(=O)NCc3ccccc3F)C3CCC(NC(=O)O)CC3)nc2)cn1. The van der Waals surface area contributed by atoms with Crippen molar-refractivity contribution in [3.05, 3.63) is 66.4 Å². The van der Waals surface area contributed by atoms with Gasteiger partial charge in [0.25, 0.3) is 0 Å². The van der Waals surface area contributed by atoms with Gasteiger partial charge in [-0.25, -0.2) is 28.9 Å². The molecule has 1 aliphatic rings. The summed E-state index contributed by atoms with van der Waals surface area (Å²) in [5, 5.41) is 14.3. The van der Waals surface area contributed by atoms with Gasteiger partial charge >= 0.3 is 18.1 Å². The van der Waals surface area contributed by atoms with Crippen molar-refractivity contribution in [2.24, 2.45) is 0 Å². The monoisotopic (exact) mass is 494 g/mol. The molecule has 3 aromatic rings. The molecule has 0 radical (unpaired) electrons. The molecule has 3 amide bonds. The minimum Gasteiger partial charge on any atom is -0.467 e. The van der Waals surface area contributed by atoms with E-state index in [0.717, 1.165) is 11.1 Å². The number of benzene rings is 1. The number of carbonyl (C=O) groups is 2. The van der Waals surface area contributed by atoms with Crippen LogP contribution < -0.4 is 20.3 Å². The molecule has 0 saturated heterocycles. The number of carbonyl (C=O) groups excluding carboxylic acids is 1. The predicted molar refractivity (Wildman–Crippen MR) is 130 cm³/mol. The minimum absolute atomic E-state index is 0.0270. The molecular formula is C25H27FN6O4. The molecule has 188 valence electrons. The van der Waals surface area contributed by atoms with Crippen molar-refractivity contribution in [1.82, 2.24) is 25.6 Å². The van der Waals surface area contributed by atoms with Crippen LogP contribution in [-0.2, 0) is 6.54 Å². The van der Waals surface area contributed by atoms with Crippen LogP contribution in [0.5, 0.6) is 6.01 Å². The van der Waals surface area contributed by atoms with Crippen LogP contribution in [0, 0.1) is 5.82 Å². The lowest BCUT2D eigenvalue weighted by molar-refractivity contribution is 0.184. The fourth-order valence-corrected chi connectivity index (χ4v) is 4.28. The molecule has 1 aromatic carbocycles. The number of rotatable bonds is 7. The van der Waals surface area contributed by atoms with Crippen LogP contribution in [0.4, 0.5) is 19.8 Å². The summed E-state index contributed by atoms with van der Waals surface area (Å²) in [4.78, 5) is 38.6. The fourth-order valence-electron chi connectivity index (χ4n) is 4.28. The number of nitrogens with zero attached hydrogens (tertiary/aromatic N) is 4. The molecule has 10 nitrogen and oxygen atoms in total. The van der Waals surface area contributed by atoms with Crippen LogP contribution in [-0.4, -0.2) is 51.4 Å². The first kappa shape index (κ1) is 24.8. The van der Waals surface area contributed by atoms with Crippen LogP contribution in [0.25, 0.3) is 11.1 Å². The molecule has 0 bridgehead atoms. The second kappa shape index (κ2) is 11.4. The van der Waals surface area contributed by atoms with Crippen molar-refractivity contribution in [3.63, 3.8) is 0 Å². The summed E-state index contributed by atoms with van der Waals surface area (Å²) in [6, 6.07) is 9.33. The van der Waals surface area contributed by atoms with E-state index >= 15 is 0 Å². The molecule has 1 aliphatic carbocycles. The first-order chi connectivity index (χ1) is 17.4. The number of hydrogen-bond donors (Lipinski definition) is 3. The third-order valence-corrected chi connectivity index (χ3v) is 6.13. The van der Waals surface area contributed by atoms with Crippen LogP contribution in [0.2, 0.25) is 0 Å². The molecule has 36 heavy (non-hydrogen) atoms. The fraction of sp³-hybridized carbons (Fsp3) is 0.320. The standard InChI is InChI=1S/C25H27FN6O4/c1-36-23-28-14-18(15-29-23)16-6-11-22(27-12-16)32(20-9-7-19(8-10-20)31-25(34)35)24(33)30-13-17-4-2-3-5-21(17)26/h2-6,11-12,14-15,19-20,31H,7-10,13H2,1H3,(H,30,33)(H,34,35). The maximum absolute atomic E-state index is 14.1. The van der Waals surface area contributed by atoms with E-state index in [9.17, 15) is 14.0 Å². The Bertz CT molecular complexity index is 1180. The Kier molecular flexibility index (Phi) is 7.89. The lowest BCUT2D eigenvalue weighted by atomic mass is 9.90. The molecule has 11 heteroatoms. The Labute approximate surface area is 207 Å². The molecule has 2 heterocycles. The smallest absolute Gasteiger partial charge is 0.404 e. The van der Waals surface area contributed by atoms with Gasteiger partial charge in [0.2, 0.25) is 0 Å². The second-order valence-electron chi connectivity index (χ2n) is 8.44. The molecule has 2 aromatic heterocycles. The number of aromatic nitrogens is 3. The average molecular weight is 495 g/mol. The number of amides is 3. The highest BCUT2D eigenvalue weighted by molar-refractivity contribution is 5.91. The van der Waals surface area contributed by atoms with E-state index in [0.29, 0.717) is 37.1 Å². The van der Waals surface area contributed by atoms with Gasteiger partial charge in [-0.15, -0.1) is 0 Å². The predicted octanol–water partition coefficient (Wildman–Crippen LogP) is 3.98. The summed E-state index contributed by atoms with van der Waals surface area (Å²) >= 11 is 0. The van der Waals surface area contributed by atoms with Gasteiger partial charge in [-0.1, -0.05) is 18.2 Å². The highest BCUT2D eigenvalue weighted by Crippen LogP contribution is 2.28. The Morgan fingerprint density at radius 3 is 2.33 bits per heavy atom. The lowest BCUT2D eigenvalue weighted by Crippen LogP contribution is -2.50. The van der Waals surface area contributed by atoms with Crippen molar-refractivity contribution in [1.29, 1.82) is 0 Å². The largest absolute Gasteiger partial charge is 0.467 e. The number of carboxylic acid groups (broad SMARTS) is 1. The Balaban J connectivity index is 1.53. The zero-order chi connectivity index (χ0) is 25.5. The van der Waals surface area contributed by atoms with Gasteiger partial charge in [0.1, 0.15) is 11.6 Å². The van der Waals surface area contributed by atoms with Crippen LogP contribution in [0.15, 0.2) is 55.0 Å². The topological polar surface area (TPSA) is 130 Å². The summed E-state index contributed by atoms with van der Waals surface area (Å²) in [6.45, 7) is 0.0270. The van der Waals surface area contributed by atoms with E-state index in [1.807, 2.05) is 6.07 Å². The molecule has 3 N–H and O–H groups in total. The van der Waals surface area contributed by atoms with Crippen molar-refractivity contribution in [2.45, 2.75) is 44.3 Å². The van der Waals surface area contributed by atoms with Gasteiger partial charge in [0, 0.05) is 53.9 Å². The number of ether oxygens (including phenoxy) is 1.